The summed E-state index contributed by atoms with van der Waals surface area (Å²) in [4.78, 5) is 38.2. The van der Waals surface area contributed by atoms with E-state index in [1.807, 2.05) is 6.07 Å². The van der Waals surface area contributed by atoms with E-state index >= 15 is 0 Å². The van der Waals surface area contributed by atoms with E-state index in [4.69, 9.17) is 18.9 Å². The van der Waals surface area contributed by atoms with Crippen molar-refractivity contribution in [1.29, 1.82) is 0 Å². The number of fused-ring (bicyclic) bond motifs is 4. The maximum absolute atomic E-state index is 13.2. The van der Waals surface area contributed by atoms with E-state index < -0.39 is 35.7 Å². The molecule has 0 radical (unpaired) electrons. The molecule has 182 valence electrons. The molecule has 1 heterocycles. The van der Waals surface area contributed by atoms with Gasteiger partial charge in [0.15, 0.2) is 11.5 Å². The first-order valence-corrected chi connectivity index (χ1v) is 10.9. The molecule has 0 aromatic heterocycles. The van der Waals surface area contributed by atoms with E-state index in [1.54, 1.807) is 57.2 Å². The number of hydrogen-bond acceptors (Lipinski definition) is 7. The standard InChI is InChI=1S/C25H30N2O7/c1-25(2,3)34-24(30)27-18-12-15-7-6-8-17(11-15)33-21-14-16(9-10-20(21)31-4)13-19(23(29)32-5)26-22(18)28/h6-11,14,18-19H,12-13H2,1-5H3,(H,26,28)(H,27,30)/t18-,19-/m0/s1. The molecule has 0 saturated carbocycles. The number of benzene rings is 2. The van der Waals surface area contributed by atoms with Crippen molar-refractivity contribution in [3.05, 3.63) is 53.6 Å². The fraction of sp³-hybridized carbons (Fsp3) is 0.400. The van der Waals surface area contributed by atoms with Gasteiger partial charge in [-0.2, -0.15) is 0 Å². The van der Waals surface area contributed by atoms with Gasteiger partial charge in [0, 0.05) is 12.8 Å². The molecule has 3 rings (SSSR count). The molecule has 2 amide bonds. The average molecular weight is 471 g/mol. The highest BCUT2D eigenvalue weighted by atomic mass is 16.6. The molecule has 2 aromatic carbocycles. The molecule has 9 nitrogen and oxygen atoms in total. The Balaban J connectivity index is 2.01. The third-order valence-electron chi connectivity index (χ3n) is 5.04. The predicted molar refractivity (Wildman–Crippen MR) is 124 cm³/mol. The summed E-state index contributed by atoms with van der Waals surface area (Å²) in [6, 6.07) is 10.4. The van der Waals surface area contributed by atoms with Crippen LogP contribution in [0.3, 0.4) is 0 Å². The van der Waals surface area contributed by atoms with Gasteiger partial charge in [-0.1, -0.05) is 18.2 Å². The number of nitrogens with one attached hydrogen (secondary N) is 2. The van der Waals surface area contributed by atoms with E-state index in [9.17, 15) is 14.4 Å². The minimum absolute atomic E-state index is 0.144. The van der Waals surface area contributed by atoms with Crippen LogP contribution in [-0.4, -0.2) is 49.9 Å². The Kier molecular flexibility index (Phi) is 7.65. The number of rotatable bonds is 3. The number of carbonyl (C=O) groups excluding carboxylic acids is 3. The van der Waals surface area contributed by atoms with Gasteiger partial charge in [-0.05, 0) is 56.2 Å². The van der Waals surface area contributed by atoms with Crippen molar-refractivity contribution >= 4 is 18.0 Å². The molecule has 0 unspecified atom stereocenters. The Morgan fingerprint density at radius 1 is 1.06 bits per heavy atom. The second kappa shape index (κ2) is 10.5. The van der Waals surface area contributed by atoms with Gasteiger partial charge in [-0.15, -0.1) is 0 Å². The van der Waals surface area contributed by atoms with Crippen LogP contribution in [0, 0.1) is 0 Å². The minimum Gasteiger partial charge on any atom is -0.493 e. The van der Waals surface area contributed by atoms with Gasteiger partial charge in [0.2, 0.25) is 5.91 Å². The molecule has 1 aliphatic rings. The number of ether oxygens (including phenoxy) is 4. The molecular formula is C25H30N2O7. The third kappa shape index (κ3) is 6.63. The zero-order valence-electron chi connectivity index (χ0n) is 20.0. The highest BCUT2D eigenvalue weighted by molar-refractivity contribution is 5.90. The molecule has 1 aliphatic heterocycles. The Hall–Kier alpha value is -3.75. The maximum Gasteiger partial charge on any atom is 0.408 e. The molecule has 0 fully saturated rings. The average Bonchev–Trinajstić information content (AvgIpc) is 2.76. The fourth-order valence-electron chi connectivity index (χ4n) is 3.53. The van der Waals surface area contributed by atoms with Crippen molar-refractivity contribution in [2.45, 2.75) is 51.3 Å². The van der Waals surface area contributed by atoms with Crippen LogP contribution in [0.1, 0.15) is 31.9 Å². The lowest BCUT2D eigenvalue weighted by Crippen LogP contribution is -2.53. The van der Waals surface area contributed by atoms with Crippen molar-refractivity contribution in [3.8, 4) is 17.2 Å². The van der Waals surface area contributed by atoms with Crippen molar-refractivity contribution in [1.82, 2.24) is 10.6 Å². The van der Waals surface area contributed by atoms with Crippen LogP contribution >= 0.6 is 0 Å². The summed E-state index contributed by atoms with van der Waals surface area (Å²) in [5.74, 6) is 0.369. The topological polar surface area (TPSA) is 112 Å². The van der Waals surface area contributed by atoms with E-state index in [0.29, 0.717) is 17.2 Å². The first-order valence-electron chi connectivity index (χ1n) is 10.9. The molecule has 2 atom stereocenters. The molecule has 4 bridgehead atoms. The van der Waals surface area contributed by atoms with E-state index in [-0.39, 0.29) is 12.8 Å². The van der Waals surface area contributed by atoms with Gasteiger partial charge in [-0.25, -0.2) is 9.59 Å². The predicted octanol–water partition coefficient (Wildman–Crippen LogP) is 3.14. The summed E-state index contributed by atoms with van der Waals surface area (Å²) in [6.45, 7) is 5.19. The van der Waals surface area contributed by atoms with E-state index in [1.165, 1.54) is 14.2 Å². The van der Waals surface area contributed by atoms with Crippen LogP contribution in [0.2, 0.25) is 0 Å². The van der Waals surface area contributed by atoms with Gasteiger partial charge >= 0.3 is 12.1 Å². The first kappa shape index (κ1) is 24.9. The Labute approximate surface area is 198 Å². The summed E-state index contributed by atoms with van der Waals surface area (Å²) in [7, 11) is 2.79. The highest BCUT2D eigenvalue weighted by Crippen LogP contribution is 2.33. The SMILES string of the molecule is COC(=O)[C@@H]1Cc2ccc(OC)c(c2)Oc2cccc(c2)C[C@H](NC(=O)OC(C)(C)C)C(=O)N1. The molecule has 2 N–H and O–H groups in total. The second-order valence-electron chi connectivity index (χ2n) is 8.93. The van der Waals surface area contributed by atoms with Crippen LogP contribution < -0.4 is 20.1 Å². The van der Waals surface area contributed by atoms with Crippen molar-refractivity contribution in [3.63, 3.8) is 0 Å². The minimum atomic E-state index is -1.00. The van der Waals surface area contributed by atoms with Gasteiger partial charge in [0.1, 0.15) is 23.4 Å². The lowest BCUT2D eigenvalue weighted by atomic mass is 10.0. The molecular weight excluding hydrogens is 440 g/mol. The maximum atomic E-state index is 13.2. The van der Waals surface area contributed by atoms with Crippen molar-refractivity contribution in [2.75, 3.05) is 14.2 Å². The Morgan fingerprint density at radius 2 is 1.79 bits per heavy atom. The van der Waals surface area contributed by atoms with Crippen LogP contribution in [0.5, 0.6) is 17.2 Å². The summed E-state index contributed by atoms with van der Waals surface area (Å²) < 4.78 is 21.7. The fourth-order valence-corrected chi connectivity index (χ4v) is 3.53. The molecule has 0 aliphatic carbocycles. The molecule has 9 heteroatoms. The van der Waals surface area contributed by atoms with Crippen LogP contribution in [0.15, 0.2) is 42.5 Å². The van der Waals surface area contributed by atoms with Crippen LogP contribution in [-0.2, 0) is 31.9 Å². The quantitative estimate of drug-likeness (QED) is 0.663. The molecule has 0 saturated heterocycles. The number of amides is 2. The van der Waals surface area contributed by atoms with Gasteiger partial charge in [-0.3, -0.25) is 4.79 Å². The summed E-state index contributed by atoms with van der Waals surface area (Å²) in [6.07, 6.45) is -0.448. The van der Waals surface area contributed by atoms with E-state index in [2.05, 4.69) is 10.6 Å². The van der Waals surface area contributed by atoms with Crippen LogP contribution in [0.4, 0.5) is 4.79 Å². The summed E-state index contributed by atoms with van der Waals surface area (Å²) >= 11 is 0. The smallest absolute Gasteiger partial charge is 0.408 e. The largest absolute Gasteiger partial charge is 0.493 e. The van der Waals surface area contributed by atoms with Crippen LogP contribution in [0.25, 0.3) is 0 Å². The molecule has 0 spiro atoms. The normalized spacial score (nSPS) is 18.1. The van der Waals surface area contributed by atoms with Crippen molar-refractivity contribution < 1.29 is 33.3 Å². The zero-order chi connectivity index (χ0) is 24.9. The highest BCUT2D eigenvalue weighted by Gasteiger charge is 2.30. The lowest BCUT2D eigenvalue weighted by Gasteiger charge is -2.25. The molecule has 2 aromatic rings. The summed E-state index contributed by atoms with van der Waals surface area (Å²) in [5, 5.41) is 5.33. The van der Waals surface area contributed by atoms with Gasteiger partial charge < -0.3 is 29.6 Å². The number of carbonyl (C=O) groups is 3. The number of methoxy groups -OCH3 is 2. The first-order chi connectivity index (χ1) is 16.1. The van der Waals surface area contributed by atoms with Gasteiger partial charge in [0.25, 0.3) is 0 Å². The van der Waals surface area contributed by atoms with Gasteiger partial charge in [0.05, 0.1) is 14.2 Å². The Bertz CT molecular complexity index is 1060. The Morgan fingerprint density at radius 3 is 2.47 bits per heavy atom. The number of esters is 1. The number of alkyl carbamates (subject to hydrolysis) is 1. The monoisotopic (exact) mass is 470 g/mol. The summed E-state index contributed by atoms with van der Waals surface area (Å²) in [5.41, 5.74) is 0.714. The lowest BCUT2D eigenvalue weighted by molar-refractivity contribution is -0.145. The second-order valence-corrected chi connectivity index (χ2v) is 8.93. The molecule has 34 heavy (non-hydrogen) atoms. The number of hydrogen-bond donors (Lipinski definition) is 2. The van der Waals surface area contributed by atoms with E-state index in [0.717, 1.165) is 11.1 Å². The zero-order valence-corrected chi connectivity index (χ0v) is 20.0. The van der Waals surface area contributed by atoms with Crippen molar-refractivity contribution in [2.24, 2.45) is 0 Å². The third-order valence-corrected chi connectivity index (χ3v) is 5.04.